The molecule has 1 aromatic rings. The van der Waals surface area contributed by atoms with Gasteiger partial charge in [0.15, 0.2) is 0 Å². The van der Waals surface area contributed by atoms with Crippen molar-refractivity contribution >= 4 is 0 Å². The molecule has 5 heteroatoms. The summed E-state index contributed by atoms with van der Waals surface area (Å²) in [6.07, 6.45) is 4.35. The molecule has 22 heavy (non-hydrogen) atoms. The molecule has 2 rings (SSSR count). The minimum absolute atomic E-state index is 0.0919. The Morgan fingerprint density at radius 1 is 1.32 bits per heavy atom. The molecule has 0 radical (unpaired) electrons. The van der Waals surface area contributed by atoms with Gasteiger partial charge in [-0.25, -0.2) is 0 Å². The zero-order valence-electron chi connectivity index (χ0n) is 13.2. The summed E-state index contributed by atoms with van der Waals surface area (Å²) in [6, 6.07) is 4.65. The number of aliphatic hydroxyl groups is 2. The second-order valence-corrected chi connectivity index (χ2v) is 5.96. The molecule has 1 fully saturated rings. The lowest BCUT2D eigenvalue weighted by atomic mass is 10.0. The lowest BCUT2D eigenvalue weighted by Crippen LogP contribution is -2.30. The molecule has 3 atom stereocenters. The smallest absolute Gasteiger partial charge is 0.115 e. The van der Waals surface area contributed by atoms with Gasteiger partial charge in [-0.1, -0.05) is 19.4 Å². The average Bonchev–Trinajstić information content (AvgIpc) is 2.95. The van der Waals surface area contributed by atoms with Crippen molar-refractivity contribution < 1.29 is 20.1 Å². The number of hydrogen-bond acceptors (Lipinski definition) is 5. The Balaban J connectivity index is 1.77. The van der Waals surface area contributed by atoms with E-state index < -0.39 is 6.10 Å². The van der Waals surface area contributed by atoms with Crippen LogP contribution in [-0.4, -0.2) is 40.6 Å². The molecule has 4 N–H and O–H groups in total. The van der Waals surface area contributed by atoms with E-state index in [2.05, 4.69) is 12.2 Å². The summed E-state index contributed by atoms with van der Waals surface area (Å²) >= 11 is 0. The molecule has 0 spiro atoms. The van der Waals surface area contributed by atoms with Gasteiger partial charge in [0.25, 0.3) is 0 Å². The van der Waals surface area contributed by atoms with Crippen molar-refractivity contribution in [3.63, 3.8) is 0 Å². The number of rotatable bonds is 8. The molecule has 124 valence electrons. The molecular formula is C17H27NO4. The molecular weight excluding hydrogens is 282 g/mol. The second-order valence-electron chi connectivity index (χ2n) is 5.96. The molecule has 0 aromatic heterocycles. The first-order valence-electron chi connectivity index (χ1n) is 8.11. The van der Waals surface area contributed by atoms with E-state index in [1.807, 2.05) is 0 Å². The summed E-state index contributed by atoms with van der Waals surface area (Å²) in [4.78, 5) is 0. The van der Waals surface area contributed by atoms with Gasteiger partial charge in [-0.3, -0.25) is 0 Å². The van der Waals surface area contributed by atoms with Crippen LogP contribution in [0.1, 0.15) is 49.8 Å². The lowest BCUT2D eigenvalue weighted by Gasteiger charge is -2.18. The molecule has 1 aromatic carbocycles. The van der Waals surface area contributed by atoms with Crippen LogP contribution in [0.25, 0.3) is 0 Å². The third-order valence-corrected chi connectivity index (χ3v) is 4.17. The number of hydrogen-bond donors (Lipinski definition) is 4. The highest BCUT2D eigenvalue weighted by atomic mass is 16.5. The highest BCUT2D eigenvalue weighted by molar-refractivity contribution is 5.35. The van der Waals surface area contributed by atoms with Crippen molar-refractivity contribution in [2.75, 3.05) is 13.1 Å². The predicted molar refractivity (Wildman–Crippen MR) is 84.7 cm³/mol. The molecule has 1 aliphatic rings. The maximum absolute atomic E-state index is 10.2. The van der Waals surface area contributed by atoms with E-state index in [4.69, 9.17) is 4.74 Å². The average molecular weight is 309 g/mol. The summed E-state index contributed by atoms with van der Waals surface area (Å²) in [5, 5.41) is 32.2. The van der Waals surface area contributed by atoms with E-state index in [0.717, 1.165) is 32.2 Å². The van der Waals surface area contributed by atoms with E-state index >= 15 is 0 Å². The van der Waals surface area contributed by atoms with Crippen molar-refractivity contribution in [1.82, 2.24) is 5.32 Å². The standard InChI is InChI=1S/C17H27NO4/c1-2-3-14-5-6-15(22-14)9-18-10-17(21)16-7-4-13(20)8-12(16)11-19/h4,7-8,14-15,17-21H,2-3,5-6,9-11H2,1H3. The molecule has 0 amide bonds. The molecule has 0 aliphatic carbocycles. The van der Waals surface area contributed by atoms with Gasteiger partial charge in [0.05, 0.1) is 24.9 Å². The summed E-state index contributed by atoms with van der Waals surface area (Å²) in [6.45, 7) is 3.09. The van der Waals surface area contributed by atoms with E-state index in [0.29, 0.717) is 23.8 Å². The molecule has 1 saturated heterocycles. The Bertz CT molecular complexity index is 466. The fourth-order valence-corrected chi connectivity index (χ4v) is 3.01. The largest absolute Gasteiger partial charge is 0.508 e. The summed E-state index contributed by atoms with van der Waals surface area (Å²) in [7, 11) is 0. The van der Waals surface area contributed by atoms with Crippen LogP contribution in [0, 0.1) is 0 Å². The first-order chi connectivity index (χ1) is 10.6. The van der Waals surface area contributed by atoms with Crippen LogP contribution < -0.4 is 5.32 Å². The van der Waals surface area contributed by atoms with E-state index in [1.165, 1.54) is 12.1 Å². The number of aromatic hydroxyl groups is 1. The van der Waals surface area contributed by atoms with Crippen LogP contribution in [0.2, 0.25) is 0 Å². The number of phenols is 1. The van der Waals surface area contributed by atoms with Crippen LogP contribution in [0.15, 0.2) is 18.2 Å². The Kier molecular flexibility index (Phi) is 6.64. The Hall–Kier alpha value is -1.14. The van der Waals surface area contributed by atoms with E-state index in [9.17, 15) is 15.3 Å². The maximum Gasteiger partial charge on any atom is 0.115 e. The van der Waals surface area contributed by atoms with Gasteiger partial charge in [-0.2, -0.15) is 0 Å². The highest BCUT2D eigenvalue weighted by Crippen LogP contribution is 2.24. The Morgan fingerprint density at radius 3 is 2.82 bits per heavy atom. The fraction of sp³-hybridized carbons (Fsp3) is 0.647. The van der Waals surface area contributed by atoms with Crippen LogP contribution in [0.3, 0.4) is 0 Å². The van der Waals surface area contributed by atoms with Gasteiger partial charge in [0.2, 0.25) is 0 Å². The quantitative estimate of drug-likeness (QED) is 0.589. The zero-order chi connectivity index (χ0) is 15.9. The Morgan fingerprint density at radius 2 is 2.09 bits per heavy atom. The molecule has 0 saturated carbocycles. The Labute approximate surface area is 131 Å². The summed E-state index contributed by atoms with van der Waals surface area (Å²) in [5.74, 6) is 0.0919. The third kappa shape index (κ3) is 4.68. The second kappa shape index (κ2) is 8.48. The maximum atomic E-state index is 10.2. The van der Waals surface area contributed by atoms with Crippen LogP contribution in [0.4, 0.5) is 0 Å². The van der Waals surface area contributed by atoms with Crippen molar-refractivity contribution in [3.8, 4) is 5.75 Å². The normalized spacial score (nSPS) is 22.9. The molecule has 3 unspecified atom stereocenters. The minimum atomic E-state index is -0.712. The third-order valence-electron chi connectivity index (χ3n) is 4.17. The van der Waals surface area contributed by atoms with Crippen molar-refractivity contribution in [2.24, 2.45) is 0 Å². The van der Waals surface area contributed by atoms with E-state index in [1.54, 1.807) is 6.07 Å². The summed E-state index contributed by atoms with van der Waals surface area (Å²) < 4.78 is 5.93. The van der Waals surface area contributed by atoms with Gasteiger partial charge in [0.1, 0.15) is 5.75 Å². The molecule has 1 heterocycles. The zero-order valence-corrected chi connectivity index (χ0v) is 13.2. The van der Waals surface area contributed by atoms with Gasteiger partial charge < -0.3 is 25.4 Å². The van der Waals surface area contributed by atoms with Gasteiger partial charge in [-0.15, -0.1) is 0 Å². The number of ether oxygens (including phenoxy) is 1. The first-order valence-corrected chi connectivity index (χ1v) is 8.11. The lowest BCUT2D eigenvalue weighted by molar-refractivity contribution is 0.0386. The topological polar surface area (TPSA) is 82.0 Å². The van der Waals surface area contributed by atoms with Gasteiger partial charge in [0, 0.05) is 13.1 Å². The van der Waals surface area contributed by atoms with Crippen molar-refractivity contribution in [2.45, 2.75) is 57.5 Å². The van der Waals surface area contributed by atoms with Crippen molar-refractivity contribution in [3.05, 3.63) is 29.3 Å². The van der Waals surface area contributed by atoms with E-state index in [-0.39, 0.29) is 18.5 Å². The monoisotopic (exact) mass is 309 g/mol. The highest BCUT2D eigenvalue weighted by Gasteiger charge is 2.24. The first kappa shape index (κ1) is 17.2. The minimum Gasteiger partial charge on any atom is -0.508 e. The number of phenolic OH excluding ortho intramolecular Hbond substituents is 1. The van der Waals surface area contributed by atoms with Gasteiger partial charge >= 0.3 is 0 Å². The van der Waals surface area contributed by atoms with Crippen molar-refractivity contribution in [1.29, 1.82) is 0 Å². The molecule has 1 aliphatic heterocycles. The van der Waals surface area contributed by atoms with Crippen LogP contribution in [0.5, 0.6) is 5.75 Å². The number of aliphatic hydroxyl groups excluding tert-OH is 2. The van der Waals surface area contributed by atoms with Gasteiger partial charge in [-0.05, 0) is 42.5 Å². The predicted octanol–water partition coefficient (Wildman–Crippen LogP) is 1.86. The number of benzene rings is 1. The molecule has 5 nitrogen and oxygen atoms in total. The SMILES string of the molecule is CCCC1CCC(CNCC(O)c2ccc(O)cc2CO)O1. The molecule has 0 bridgehead atoms. The van der Waals surface area contributed by atoms with Crippen LogP contribution in [-0.2, 0) is 11.3 Å². The van der Waals surface area contributed by atoms with Crippen LogP contribution >= 0.6 is 0 Å². The fourth-order valence-electron chi connectivity index (χ4n) is 3.01. The summed E-state index contributed by atoms with van der Waals surface area (Å²) in [5.41, 5.74) is 1.19. The number of nitrogens with one attached hydrogen (secondary N) is 1.